The van der Waals surface area contributed by atoms with Crippen molar-refractivity contribution in [3.63, 3.8) is 0 Å². The predicted octanol–water partition coefficient (Wildman–Crippen LogP) is 3.00. The van der Waals surface area contributed by atoms with Gasteiger partial charge >= 0.3 is 0 Å². The fourth-order valence-electron chi connectivity index (χ4n) is 3.33. The topological polar surface area (TPSA) is 78.4 Å². The Labute approximate surface area is 183 Å². The summed E-state index contributed by atoms with van der Waals surface area (Å²) in [5.41, 5.74) is 3.15. The molecule has 0 saturated heterocycles. The van der Waals surface area contributed by atoms with Gasteiger partial charge in [-0.05, 0) is 29.7 Å². The van der Waals surface area contributed by atoms with Gasteiger partial charge in [0.05, 0.1) is 5.56 Å². The van der Waals surface area contributed by atoms with Crippen LogP contribution < -0.4 is 16.0 Å². The lowest BCUT2D eigenvalue weighted by Crippen LogP contribution is -2.43. The van der Waals surface area contributed by atoms with Crippen molar-refractivity contribution in [2.75, 3.05) is 26.7 Å². The molecular weight excluding hydrogens is 386 g/mol. The first-order valence-electron chi connectivity index (χ1n) is 10.5. The highest BCUT2D eigenvalue weighted by Crippen LogP contribution is 2.20. The SMILES string of the molecule is CN=C(NCCNC(=O)c1cccnc1)NCC(Cc1ccccc1)c1ccccc1. The fourth-order valence-corrected chi connectivity index (χ4v) is 3.33. The van der Waals surface area contributed by atoms with Crippen LogP contribution in [0.15, 0.2) is 90.2 Å². The van der Waals surface area contributed by atoms with Gasteiger partial charge in [0.25, 0.3) is 5.91 Å². The van der Waals surface area contributed by atoms with Gasteiger partial charge < -0.3 is 16.0 Å². The molecule has 31 heavy (non-hydrogen) atoms. The lowest BCUT2D eigenvalue weighted by Gasteiger charge is -2.20. The Morgan fingerprint density at radius 1 is 0.903 bits per heavy atom. The van der Waals surface area contributed by atoms with Crippen LogP contribution in [-0.4, -0.2) is 43.5 Å². The minimum Gasteiger partial charge on any atom is -0.356 e. The molecule has 1 heterocycles. The molecule has 6 nitrogen and oxygen atoms in total. The standard InChI is InChI=1S/C25H29N5O/c1-26-25(29-16-15-28-24(31)22-13-8-14-27-18-22)30-19-23(21-11-6-3-7-12-21)17-20-9-4-2-5-10-20/h2-14,18,23H,15-17,19H2,1H3,(H,28,31)(H2,26,29,30). The molecule has 0 spiro atoms. The number of carbonyl (C=O) groups excluding carboxylic acids is 1. The zero-order chi connectivity index (χ0) is 21.7. The lowest BCUT2D eigenvalue weighted by molar-refractivity contribution is 0.0954. The monoisotopic (exact) mass is 415 g/mol. The number of aromatic nitrogens is 1. The van der Waals surface area contributed by atoms with Crippen LogP contribution in [0.4, 0.5) is 0 Å². The molecule has 0 aliphatic rings. The van der Waals surface area contributed by atoms with Crippen LogP contribution in [0.1, 0.15) is 27.4 Å². The first-order valence-corrected chi connectivity index (χ1v) is 10.5. The molecule has 6 heteroatoms. The molecule has 3 aromatic rings. The van der Waals surface area contributed by atoms with E-state index in [-0.39, 0.29) is 5.91 Å². The number of hydrogen-bond acceptors (Lipinski definition) is 3. The number of nitrogens with one attached hydrogen (secondary N) is 3. The second-order valence-electron chi connectivity index (χ2n) is 7.17. The molecule has 0 aliphatic heterocycles. The van der Waals surface area contributed by atoms with Crippen molar-refractivity contribution in [2.45, 2.75) is 12.3 Å². The number of pyridine rings is 1. The van der Waals surface area contributed by atoms with Gasteiger partial charge in [-0.3, -0.25) is 14.8 Å². The number of benzene rings is 2. The lowest BCUT2D eigenvalue weighted by atomic mass is 9.92. The number of guanidine groups is 1. The summed E-state index contributed by atoms with van der Waals surface area (Å²) in [4.78, 5) is 20.4. The Bertz CT molecular complexity index is 945. The number of aliphatic imine (C=N–C) groups is 1. The summed E-state index contributed by atoms with van der Waals surface area (Å²) in [6, 6.07) is 24.5. The minimum atomic E-state index is -0.134. The Kier molecular flexibility index (Phi) is 8.61. The highest BCUT2D eigenvalue weighted by Gasteiger charge is 2.13. The molecular formula is C25H29N5O. The van der Waals surface area contributed by atoms with Gasteiger partial charge in [-0.25, -0.2) is 0 Å². The molecule has 0 bridgehead atoms. The smallest absolute Gasteiger partial charge is 0.252 e. The maximum atomic E-state index is 12.1. The van der Waals surface area contributed by atoms with Crippen molar-refractivity contribution >= 4 is 11.9 Å². The Morgan fingerprint density at radius 3 is 2.29 bits per heavy atom. The van der Waals surface area contributed by atoms with Crippen LogP contribution in [0, 0.1) is 0 Å². The molecule has 0 aliphatic carbocycles. The molecule has 1 atom stereocenters. The molecule has 1 unspecified atom stereocenters. The minimum absolute atomic E-state index is 0.134. The second kappa shape index (κ2) is 12.1. The van der Waals surface area contributed by atoms with Gasteiger partial charge in [0, 0.05) is 45.0 Å². The third-order valence-electron chi connectivity index (χ3n) is 4.96. The van der Waals surface area contributed by atoms with E-state index in [1.807, 2.05) is 12.1 Å². The van der Waals surface area contributed by atoms with Gasteiger partial charge in [-0.15, -0.1) is 0 Å². The van der Waals surface area contributed by atoms with Crippen LogP contribution >= 0.6 is 0 Å². The molecule has 0 fully saturated rings. The van der Waals surface area contributed by atoms with Gasteiger partial charge in [-0.1, -0.05) is 60.7 Å². The van der Waals surface area contributed by atoms with E-state index in [1.165, 1.54) is 11.1 Å². The van der Waals surface area contributed by atoms with Crippen LogP contribution in [0.5, 0.6) is 0 Å². The molecule has 160 valence electrons. The van der Waals surface area contributed by atoms with Gasteiger partial charge in [0.2, 0.25) is 0 Å². The van der Waals surface area contributed by atoms with Crippen LogP contribution in [0.2, 0.25) is 0 Å². The van der Waals surface area contributed by atoms with E-state index in [4.69, 9.17) is 0 Å². The number of carbonyl (C=O) groups is 1. The van der Waals surface area contributed by atoms with Crippen LogP contribution in [0.25, 0.3) is 0 Å². The molecule has 1 amide bonds. The average Bonchev–Trinajstić information content (AvgIpc) is 2.84. The summed E-state index contributed by atoms with van der Waals surface area (Å²) in [5.74, 6) is 0.891. The van der Waals surface area contributed by atoms with Crippen LogP contribution in [-0.2, 0) is 6.42 Å². The first-order chi connectivity index (χ1) is 15.3. The fraction of sp³-hybridized carbons (Fsp3) is 0.240. The third kappa shape index (κ3) is 7.26. The van der Waals surface area contributed by atoms with Crippen molar-refractivity contribution in [2.24, 2.45) is 4.99 Å². The Hall–Kier alpha value is -3.67. The number of rotatable bonds is 9. The average molecular weight is 416 g/mol. The summed E-state index contributed by atoms with van der Waals surface area (Å²) in [6.07, 6.45) is 4.14. The number of amides is 1. The third-order valence-corrected chi connectivity index (χ3v) is 4.96. The van der Waals surface area contributed by atoms with Crippen molar-refractivity contribution in [3.8, 4) is 0 Å². The van der Waals surface area contributed by atoms with E-state index in [2.05, 4.69) is 74.5 Å². The van der Waals surface area contributed by atoms with Crippen LogP contribution in [0.3, 0.4) is 0 Å². The molecule has 2 aromatic carbocycles. The maximum Gasteiger partial charge on any atom is 0.252 e. The van der Waals surface area contributed by atoms with Crippen molar-refractivity contribution in [1.29, 1.82) is 0 Å². The van der Waals surface area contributed by atoms with E-state index in [9.17, 15) is 4.79 Å². The summed E-state index contributed by atoms with van der Waals surface area (Å²) < 4.78 is 0. The van der Waals surface area contributed by atoms with Gasteiger partial charge in [-0.2, -0.15) is 0 Å². The second-order valence-corrected chi connectivity index (χ2v) is 7.17. The quantitative estimate of drug-likeness (QED) is 0.285. The first kappa shape index (κ1) is 22.0. The van der Waals surface area contributed by atoms with E-state index >= 15 is 0 Å². The van der Waals surface area contributed by atoms with Crippen molar-refractivity contribution in [3.05, 3.63) is 102 Å². The van der Waals surface area contributed by atoms with E-state index in [1.54, 1.807) is 31.6 Å². The van der Waals surface area contributed by atoms with Gasteiger partial charge in [0.15, 0.2) is 5.96 Å². The normalized spacial score (nSPS) is 12.1. The number of hydrogen-bond donors (Lipinski definition) is 3. The van der Waals surface area contributed by atoms with E-state index in [0.29, 0.717) is 30.5 Å². The summed E-state index contributed by atoms with van der Waals surface area (Å²) in [5, 5.41) is 9.56. The highest BCUT2D eigenvalue weighted by atomic mass is 16.1. The summed E-state index contributed by atoms with van der Waals surface area (Å²) in [7, 11) is 1.75. The maximum absolute atomic E-state index is 12.1. The zero-order valence-corrected chi connectivity index (χ0v) is 17.8. The number of nitrogens with zero attached hydrogens (tertiary/aromatic N) is 2. The summed E-state index contributed by atoms with van der Waals surface area (Å²) in [6.45, 7) is 1.81. The Morgan fingerprint density at radius 2 is 1.61 bits per heavy atom. The predicted molar refractivity (Wildman–Crippen MR) is 125 cm³/mol. The Balaban J connectivity index is 1.49. The molecule has 3 N–H and O–H groups in total. The molecule has 0 radical (unpaired) electrons. The highest BCUT2D eigenvalue weighted by molar-refractivity contribution is 5.93. The molecule has 0 saturated carbocycles. The largest absolute Gasteiger partial charge is 0.356 e. The summed E-state index contributed by atoms with van der Waals surface area (Å²) >= 11 is 0. The van der Waals surface area contributed by atoms with E-state index < -0.39 is 0 Å². The molecule has 1 aromatic heterocycles. The van der Waals surface area contributed by atoms with E-state index in [0.717, 1.165) is 13.0 Å². The van der Waals surface area contributed by atoms with Crippen molar-refractivity contribution < 1.29 is 4.79 Å². The molecule has 3 rings (SSSR count). The van der Waals surface area contributed by atoms with Crippen molar-refractivity contribution in [1.82, 2.24) is 20.9 Å². The van der Waals surface area contributed by atoms with Gasteiger partial charge in [0.1, 0.15) is 0 Å². The zero-order valence-electron chi connectivity index (χ0n) is 17.8.